The van der Waals surface area contributed by atoms with Crippen molar-refractivity contribution in [3.63, 3.8) is 0 Å². The largest absolute Gasteiger partial charge is 0.458 e. The van der Waals surface area contributed by atoms with Gasteiger partial charge in [0.1, 0.15) is 6.67 Å². The molecular weight excluding hydrogens is 315 g/mol. The van der Waals surface area contributed by atoms with Gasteiger partial charge in [0.15, 0.2) is 0 Å². The maximum Gasteiger partial charge on any atom is 0.295 e. The summed E-state index contributed by atoms with van der Waals surface area (Å²) in [5.41, 5.74) is 1.37. The lowest BCUT2D eigenvalue weighted by atomic mass is 10.1. The Bertz CT molecular complexity index is 691. The number of furan rings is 1. The number of aromatic nitrogens is 2. The average molecular weight is 323 g/mol. The Morgan fingerprint density at radius 3 is 2.58 bits per heavy atom. The van der Waals surface area contributed by atoms with E-state index in [4.69, 9.17) is 8.94 Å². The fourth-order valence-corrected chi connectivity index (χ4v) is 1.99. The van der Waals surface area contributed by atoms with Gasteiger partial charge in [-0.05, 0) is 27.6 Å². The zero-order chi connectivity index (χ0) is 13.2. The highest BCUT2D eigenvalue weighted by Gasteiger charge is 2.15. The summed E-state index contributed by atoms with van der Waals surface area (Å²) in [6, 6.07) is 8.62. The molecule has 0 N–H and O–H groups in total. The smallest absolute Gasteiger partial charge is 0.295 e. The molecule has 0 radical (unpaired) electrons. The van der Waals surface area contributed by atoms with Crippen molar-refractivity contribution >= 4 is 15.9 Å². The molecule has 0 fully saturated rings. The zero-order valence-corrected chi connectivity index (χ0v) is 11.2. The van der Waals surface area contributed by atoms with Crippen molar-refractivity contribution < 1.29 is 13.3 Å². The fourth-order valence-electron chi connectivity index (χ4n) is 1.62. The topological polar surface area (TPSA) is 52.1 Å². The van der Waals surface area contributed by atoms with Crippen LogP contribution in [0.5, 0.6) is 0 Å². The van der Waals surface area contributed by atoms with Crippen LogP contribution in [0.4, 0.5) is 4.39 Å². The lowest BCUT2D eigenvalue weighted by Crippen LogP contribution is -1.83. The highest BCUT2D eigenvalue weighted by molar-refractivity contribution is 9.10. The minimum atomic E-state index is -0.489. The van der Waals surface area contributed by atoms with Crippen LogP contribution in [0.25, 0.3) is 23.0 Å². The second kappa shape index (κ2) is 4.97. The Hall–Kier alpha value is -1.95. The first-order chi connectivity index (χ1) is 9.28. The Kier molecular flexibility index (Phi) is 3.16. The third-order valence-electron chi connectivity index (χ3n) is 2.60. The molecule has 6 heteroatoms. The predicted molar refractivity (Wildman–Crippen MR) is 69.9 cm³/mol. The van der Waals surface area contributed by atoms with E-state index >= 15 is 0 Å². The maximum absolute atomic E-state index is 12.4. The number of benzene rings is 1. The molecule has 0 saturated carbocycles. The van der Waals surface area contributed by atoms with Gasteiger partial charge >= 0.3 is 0 Å². The first-order valence-corrected chi connectivity index (χ1v) is 6.29. The van der Waals surface area contributed by atoms with E-state index in [1.807, 2.05) is 0 Å². The van der Waals surface area contributed by atoms with Crippen molar-refractivity contribution in [3.8, 4) is 23.0 Å². The van der Waals surface area contributed by atoms with Gasteiger partial charge < -0.3 is 8.94 Å². The molecule has 0 aliphatic heterocycles. The van der Waals surface area contributed by atoms with E-state index in [0.717, 1.165) is 10.0 Å². The van der Waals surface area contributed by atoms with E-state index in [2.05, 4.69) is 26.1 Å². The van der Waals surface area contributed by atoms with Crippen LogP contribution < -0.4 is 0 Å². The Morgan fingerprint density at radius 1 is 1.16 bits per heavy atom. The standard InChI is InChI=1S/C13H8BrFN2O2/c14-10-5-6-18-11(10)13-16-12(17-19-13)9-3-1-8(7-15)2-4-9/h1-6H,7H2. The summed E-state index contributed by atoms with van der Waals surface area (Å²) in [5, 5.41) is 3.88. The number of nitrogens with zero attached hydrogens (tertiary/aromatic N) is 2. The second-order valence-electron chi connectivity index (χ2n) is 3.85. The van der Waals surface area contributed by atoms with Crippen molar-refractivity contribution in [1.29, 1.82) is 0 Å². The van der Waals surface area contributed by atoms with Crippen molar-refractivity contribution in [2.45, 2.75) is 6.67 Å². The number of hydrogen-bond acceptors (Lipinski definition) is 4. The zero-order valence-electron chi connectivity index (χ0n) is 9.64. The first kappa shape index (κ1) is 12.1. The summed E-state index contributed by atoms with van der Waals surface area (Å²) in [7, 11) is 0. The average Bonchev–Trinajstić information content (AvgIpc) is 3.07. The molecule has 1 aromatic carbocycles. The second-order valence-corrected chi connectivity index (χ2v) is 4.71. The van der Waals surface area contributed by atoms with E-state index in [1.165, 1.54) is 6.26 Å². The number of halogens is 2. The molecule has 96 valence electrons. The van der Waals surface area contributed by atoms with E-state index in [1.54, 1.807) is 30.3 Å². The molecule has 2 heterocycles. The summed E-state index contributed by atoms with van der Waals surface area (Å²) in [6.45, 7) is -0.489. The normalized spacial score (nSPS) is 10.8. The van der Waals surface area contributed by atoms with Gasteiger partial charge in [-0.15, -0.1) is 0 Å². The maximum atomic E-state index is 12.4. The summed E-state index contributed by atoms with van der Waals surface area (Å²) in [6.07, 6.45) is 1.53. The molecule has 0 bridgehead atoms. The van der Waals surface area contributed by atoms with Crippen LogP contribution in [0.2, 0.25) is 0 Å². The SMILES string of the molecule is FCc1ccc(-c2noc(-c3occc3Br)n2)cc1. The van der Waals surface area contributed by atoms with Crippen molar-refractivity contribution in [3.05, 3.63) is 46.6 Å². The summed E-state index contributed by atoms with van der Waals surface area (Å²) >= 11 is 3.32. The van der Waals surface area contributed by atoms with Gasteiger partial charge in [-0.3, -0.25) is 0 Å². The lowest BCUT2D eigenvalue weighted by Gasteiger charge is -1.95. The molecule has 0 unspecified atom stereocenters. The summed E-state index contributed by atoms with van der Waals surface area (Å²) < 4.78 is 23.6. The van der Waals surface area contributed by atoms with Gasteiger partial charge in [-0.25, -0.2) is 4.39 Å². The molecule has 19 heavy (non-hydrogen) atoms. The molecule has 4 nitrogen and oxygen atoms in total. The molecule has 0 aliphatic rings. The van der Waals surface area contributed by atoms with Crippen molar-refractivity contribution in [1.82, 2.24) is 10.1 Å². The van der Waals surface area contributed by atoms with Crippen molar-refractivity contribution in [2.75, 3.05) is 0 Å². The van der Waals surface area contributed by atoms with Gasteiger partial charge in [0.05, 0.1) is 10.7 Å². The van der Waals surface area contributed by atoms with E-state index < -0.39 is 6.67 Å². The van der Waals surface area contributed by atoms with Crippen LogP contribution >= 0.6 is 15.9 Å². The molecular formula is C13H8BrFN2O2. The molecule has 0 amide bonds. The minimum absolute atomic E-state index is 0.293. The van der Waals surface area contributed by atoms with Crippen LogP contribution in [0, 0.1) is 0 Å². The van der Waals surface area contributed by atoms with Gasteiger partial charge in [-0.1, -0.05) is 29.4 Å². The van der Waals surface area contributed by atoms with Gasteiger partial charge in [0.2, 0.25) is 11.6 Å². The molecule has 0 aliphatic carbocycles. The lowest BCUT2D eigenvalue weighted by molar-refractivity contribution is 0.416. The molecule has 3 aromatic rings. The van der Waals surface area contributed by atoms with Gasteiger partial charge in [-0.2, -0.15) is 4.98 Å². The van der Waals surface area contributed by atoms with Gasteiger partial charge in [0.25, 0.3) is 5.89 Å². The Balaban J connectivity index is 1.94. The highest BCUT2D eigenvalue weighted by Crippen LogP contribution is 2.29. The third kappa shape index (κ3) is 2.31. The Labute approximate surface area is 116 Å². The molecule has 0 spiro atoms. The molecule has 0 atom stereocenters. The number of rotatable bonds is 3. The number of alkyl halides is 1. The quantitative estimate of drug-likeness (QED) is 0.724. The van der Waals surface area contributed by atoms with Crippen LogP contribution in [0.15, 0.2) is 50.0 Å². The monoisotopic (exact) mass is 322 g/mol. The first-order valence-electron chi connectivity index (χ1n) is 5.50. The van der Waals surface area contributed by atoms with Crippen molar-refractivity contribution in [2.24, 2.45) is 0 Å². The van der Waals surface area contributed by atoms with E-state index in [-0.39, 0.29) is 0 Å². The molecule has 3 rings (SSSR count). The van der Waals surface area contributed by atoms with Crippen LogP contribution in [0.3, 0.4) is 0 Å². The predicted octanol–water partition coefficient (Wildman–Crippen LogP) is 4.23. The van der Waals surface area contributed by atoms with Gasteiger partial charge in [0, 0.05) is 5.56 Å². The van der Waals surface area contributed by atoms with Crippen LogP contribution in [-0.4, -0.2) is 10.1 Å². The van der Waals surface area contributed by atoms with E-state index in [9.17, 15) is 4.39 Å². The van der Waals surface area contributed by atoms with E-state index in [0.29, 0.717) is 23.0 Å². The summed E-state index contributed by atoms with van der Waals surface area (Å²) in [5.74, 6) is 1.21. The molecule has 2 aromatic heterocycles. The van der Waals surface area contributed by atoms with Crippen LogP contribution in [-0.2, 0) is 6.67 Å². The Morgan fingerprint density at radius 2 is 1.95 bits per heavy atom. The minimum Gasteiger partial charge on any atom is -0.458 e. The molecule has 0 saturated heterocycles. The number of hydrogen-bond donors (Lipinski definition) is 0. The fraction of sp³-hybridized carbons (Fsp3) is 0.0769. The third-order valence-corrected chi connectivity index (χ3v) is 3.23. The van der Waals surface area contributed by atoms with Crippen LogP contribution in [0.1, 0.15) is 5.56 Å². The summed E-state index contributed by atoms with van der Waals surface area (Å²) in [4.78, 5) is 4.24. The highest BCUT2D eigenvalue weighted by atomic mass is 79.9.